The van der Waals surface area contributed by atoms with Gasteiger partial charge in [0.2, 0.25) is 0 Å². The molecular weight excluding hydrogens is 443 g/mol. The van der Waals surface area contributed by atoms with Gasteiger partial charge in [0.25, 0.3) is 5.91 Å². The largest absolute Gasteiger partial charge is 0.338 e. The standard InChI is InChI=1S/C16H22BrIN2O/c1-2-9-20(11-12-5-7-19-8-6-12)16(21)14-10-13(18)3-4-15(14)17/h3-4,10,12,19H,2,5-9,11H2,1H3. The first kappa shape index (κ1) is 17.2. The number of nitrogens with one attached hydrogen (secondary N) is 1. The molecule has 5 heteroatoms. The van der Waals surface area contributed by atoms with E-state index in [4.69, 9.17) is 0 Å². The zero-order chi connectivity index (χ0) is 15.2. The van der Waals surface area contributed by atoms with Gasteiger partial charge < -0.3 is 10.2 Å². The predicted molar refractivity (Wildman–Crippen MR) is 98.6 cm³/mol. The highest BCUT2D eigenvalue weighted by Gasteiger charge is 2.22. The second-order valence-corrected chi connectivity index (χ2v) is 7.67. The van der Waals surface area contributed by atoms with Gasteiger partial charge in [-0.3, -0.25) is 4.79 Å². The summed E-state index contributed by atoms with van der Waals surface area (Å²) in [5, 5.41) is 3.39. The first-order valence-corrected chi connectivity index (χ1v) is 9.44. The lowest BCUT2D eigenvalue weighted by Gasteiger charge is -2.30. The Morgan fingerprint density at radius 2 is 2.14 bits per heavy atom. The Balaban J connectivity index is 2.12. The van der Waals surface area contributed by atoms with Crippen LogP contribution in [-0.4, -0.2) is 37.0 Å². The van der Waals surface area contributed by atoms with Gasteiger partial charge in [-0.25, -0.2) is 0 Å². The highest BCUT2D eigenvalue weighted by Crippen LogP contribution is 2.23. The van der Waals surface area contributed by atoms with Gasteiger partial charge in [-0.15, -0.1) is 0 Å². The molecule has 0 aromatic heterocycles. The van der Waals surface area contributed by atoms with Gasteiger partial charge in [0.15, 0.2) is 0 Å². The van der Waals surface area contributed by atoms with E-state index in [1.165, 1.54) is 12.8 Å². The Bertz CT molecular complexity index is 489. The lowest BCUT2D eigenvalue weighted by Crippen LogP contribution is -2.39. The van der Waals surface area contributed by atoms with Gasteiger partial charge in [-0.05, 0) is 95.0 Å². The van der Waals surface area contributed by atoms with E-state index in [0.717, 1.165) is 46.2 Å². The van der Waals surface area contributed by atoms with E-state index in [9.17, 15) is 4.79 Å². The number of rotatable bonds is 5. The van der Waals surface area contributed by atoms with Gasteiger partial charge in [0.1, 0.15) is 0 Å². The number of halogens is 2. The van der Waals surface area contributed by atoms with Gasteiger partial charge in [0.05, 0.1) is 5.56 Å². The fraction of sp³-hybridized carbons (Fsp3) is 0.562. The summed E-state index contributed by atoms with van der Waals surface area (Å²) in [6.45, 7) is 6.00. The van der Waals surface area contributed by atoms with E-state index in [1.807, 2.05) is 23.1 Å². The molecule has 0 bridgehead atoms. The van der Waals surface area contributed by atoms with Crippen molar-refractivity contribution in [1.82, 2.24) is 10.2 Å². The van der Waals surface area contributed by atoms with Crippen LogP contribution in [0.15, 0.2) is 22.7 Å². The number of carbonyl (C=O) groups is 1. The Kier molecular flexibility index (Phi) is 6.95. The number of carbonyl (C=O) groups excluding carboxylic acids is 1. The number of hydrogen-bond donors (Lipinski definition) is 1. The Hall–Kier alpha value is -0.140. The Labute approximate surface area is 149 Å². The molecule has 0 atom stereocenters. The van der Waals surface area contributed by atoms with Crippen molar-refractivity contribution < 1.29 is 4.79 Å². The molecule has 1 aromatic rings. The predicted octanol–water partition coefficient (Wildman–Crippen LogP) is 3.91. The smallest absolute Gasteiger partial charge is 0.255 e. The van der Waals surface area contributed by atoms with Crippen molar-refractivity contribution in [3.8, 4) is 0 Å². The third kappa shape index (κ3) is 4.93. The zero-order valence-corrected chi connectivity index (χ0v) is 16.1. The molecule has 3 nitrogen and oxygen atoms in total. The summed E-state index contributed by atoms with van der Waals surface area (Å²) in [6, 6.07) is 5.94. The van der Waals surface area contributed by atoms with Crippen LogP contribution in [0.2, 0.25) is 0 Å². The topological polar surface area (TPSA) is 32.3 Å². The average molecular weight is 465 g/mol. The minimum absolute atomic E-state index is 0.153. The number of nitrogens with zero attached hydrogens (tertiary/aromatic N) is 1. The summed E-state index contributed by atoms with van der Waals surface area (Å²) in [5.74, 6) is 0.782. The maximum atomic E-state index is 12.9. The van der Waals surface area contributed by atoms with Crippen LogP contribution in [0.4, 0.5) is 0 Å². The van der Waals surface area contributed by atoms with Crippen molar-refractivity contribution in [1.29, 1.82) is 0 Å². The van der Waals surface area contributed by atoms with Crippen LogP contribution in [0.3, 0.4) is 0 Å². The maximum absolute atomic E-state index is 12.9. The number of benzene rings is 1. The van der Waals surface area contributed by atoms with Crippen LogP contribution < -0.4 is 5.32 Å². The minimum Gasteiger partial charge on any atom is -0.338 e. The Morgan fingerprint density at radius 3 is 2.81 bits per heavy atom. The molecule has 1 N–H and O–H groups in total. The molecule has 1 fully saturated rings. The fourth-order valence-electron chi connectivity index (χ4n) is 2.75. The van der Waals surface area contributed by atoms with Gasteiger partial charge in [0, 0.05) is 21.1 Å². The van der Waals surface area contributed by atoms with Crippen molar-refractivity contribution in [3.63, 3.8) is 0 Å². The third-order valence-electron chi connectivity index (χ3n) is 3.88. The van der Waals surface area contributed by atoms with Crippen molar-refractivity contribution in [2.45, 2.75) is 26.2 Å². The summed E-state index contributed by atoms with van der Waals surface area (Å²) in [4.78, 5) is 14.9. The lowest BCUT2D eigenvalue weighted by molar-refractivity contribution is 0.0715. The summed E-state index contributed by atoms with van der Waals surface area (Å²) >= 11 is 5.77. The molecule has 0 aliphatic carbocycles. The first-order chi connectivity index (χ1) is 10.1. The molecule has 1 aliphatic heterocycles. The summed E-state index contributed by atoms with van der Waals surface area (Å²) in [6.07, 6.45) is 3.33. The van der Waals surface area contributed by atoms with E-state index in [1.54, 1.807) is 0 Å². The minimum atomic E-state index is 0.153. The highest BCUT2D eigenvalue weighted by atomic mass is 127. The highest BCUT2D eigenvalue weighted by molar-refractivity contribution is 14.1. The van der Waals surface area contributed by atoms with Crippen LogP contribution in [0.5, 0.6) is 0 Å². The molecule has 1 saturated heterocycles. The normalized spacial score (nSPS) is 16.0. The van der Waals surface area contributed by atoms with Crippen molar-refractivity contribution in [3.05, 3.63) is 31.8 Å². The Morgan fingerprint density at radius 1 is 1.43 bits per heavy atom. The van der Waals surface area contributed by atoms with E-state index in [-0.39, 0.29) is 5.91 Å². The van der Waals surface area contributed by atoms with Crippen LogP contribution in [0, 0.1) is 9.49 Å². The third-order valence-corrected chi connectivity index (χ3v) is 5.24. The fourth-order valence-corrected chi connectivity index (χ4v) is 3.66. The molecule has 1 amide bonds. The second-order valence-electron chi connectivity index (χ2n) is 5.57. The van der Waals surface area contributed by atoms with Crippen LogP contribution in [0.1, 0.15) is 36.5 Å². The van der Waals surface area contributed by atoms with Crippen molar-refractivity contribution in [2.75, 3.05) is 26.2 Å². The van der Waals surface area contributed by atoms with E-state index in [0.29, 0.717) is 5.92 Å². The van der Waals surface area contributed by atoms with E-state index < -0.39 is 0 Å². The van der Waals surface area contributed by atoms with Crippen LogP contribution in [-0.2, 0) is 0 Å². The molecule has 1 aromatic carbocycles. The molecule has 116 valence electrons. The van der Waals surface area contributed by atoms with E-state index >= 15 is 0 Å². The monoisotopic (exact) mass is 464 g/mol. The maximum Gasteiger partial charge on any atom is 0.255 e. The number of amides is 1. The molecular formula is C16H22BrIN2O. The molecule has 2 rings (SSSR count). The first-order valence-electron chi connectivity index (χ1n) is 7.57. The molecule has 0 spiro atoms. The van der Waals surface area contributed by atoms with Crippen LogP contribution >= 0.6 is 38.5 Å². The molecule has 1 aliphatic rings. The molecule has 0 unspecified atom stereocenters. The average Bonchev–Trinajstić information content (AvgIpc) is 2.49. The molecule has 0 saturated carbocycles. The quantitative estimate of drug-likeness (QED) is 0.670. The lowest BCUT2D eigenvalue weighted by atomic mass is 9.97. The summed E-state index contributed by atoms with van der Waals surface area (Å²) < 4.78 is 1.98. The van der Waals surface area contributed by atoms with Crippen LogP contribution in [0.25, 0.3) is 0 Å². The zero-order valence-electron chi connectivity index (χ0n) is 12.4. The number of piperidine rings is 1. The summed E-state index contributed by atoms with van der Waals surface area (Å²) in [7, 11) is 0. The number of hydrogen-bond acceptors (Lipinski definition) is 2. The summed E-state index contributed by atoms with van der Waals surface area (Å²) in [5.41, 5.74) is 0.782. The van der Waals surface area contributed by atoms with Gasteiger partial charge in [-0.2, -0.15) is 0 Å². The molecule has 1 heterocycles. The molecule has 21 heavy (non-hydrogen) atoms. The van der Waals surface area contributed by atoms with Gasteiger partial charge in [-0.1, -0.05) is 6.92 Å². The second kappa shape index (κ2) is 8.48. The van der Waals surface area contributed by atoms with Gasteiger partial charge >= 0.3 is 0 Å². The molecule has 0 radical (unpaired) electrons. The van der Waals surface area contributed by atoms with E-state index in [2.05, 4.69) is 50.8 Å². The van der Waals surface area contributed by atoms with Crippen molar-refractivity contribution in [2.24, 2.45) is 5.92 Å². The van der Waals surface area contributed by atoms with Crippen molar-refractivity contribution >= 4 is 44.4 Å². The SMILES string of the molecule is CCCN(CC1CCNCC1)C(=O)c1cc(I)ccc1Br.